The number of hydrogen-bond acceptors (Lipinski definition) is 8. The second kappa shape index (κ2) is 9.29. The first kappa shape index (κ1) is 20.5. The summed E-state index contributed by atoms with van der Waals surface area (Å²) in [6.45, 7) is 0.0515. The van der Waals surface area contributed by atoms with Crippen molar-refractivity contribution in [3.05, 3.63) is 53.0 Å². The number of carbonyl (C=O) groups excluding carboxylic acids is 1. The predicted molar refractivity (Wildman–Crippen MR) is 109 cm³/mol. The first-order valence-electron chi connectivity index (χ1n) is 8.66. The van der Waals surface area contributed by atoms with Crippen molar-refractivity contribution in [1.29, 1.82) is 0 Å². The van der Waals surface area contributed by atoms with Crippen LogP contribution < -0.4 is 18.9 Å². The van der Waals surface area contributed by atoms with E-state index in [1.54, 1.807) is 32.4 Å². The third-order valence-electron chi connectivity index (χ3n) is 4.16. The Kier molecular flexibility index (Phi) is 6.56. The number of hydrogen-bond donors (Lipinski definition) is 0. The highest BCUT2D eigenvalue weighted by Crippen LogP contribution is 2.39. The van der Waals surface area contributed by atoms with Crippen molar-refractivity contribution >= 4 is 17.3 Å². The molecule has 3 rings (SSSR count). The van der Waals surface area contributed by atoms with Gasteiger partial charge in [-0.3, -0.25) is 0 Å². The molecule has 7 nitrogen and oxygen atoms in total. The van der Waals surface area contributed by atoms with E-state index >= 15 is 0 Å². The number of carbonyl (C=O) groups is 1. The maximum atomic E-state index is 12.4. The zero-order valence-corrected chi connectivity index (χ0v) is 17.4. The van der Waals surface area contributed by atoms with Gasteiger partial charge in [-0.05, 0) is 30.3 Å². The van der Waals surface area contributed by atoms with Gasteiger partial charge in [0.2, 0.25) is 0 Å². The average Bonchev–Trinajstić information content (AvgIpc) is 3.25. The number of para-hydroxylation sites is 1. The standard InChI is InChI=1S/C21H21NO6S/c1-24-16-9-8-13(10-18(16)26-3)21(23)28-11-14-12-29-20(22-14)15-6-5-7-17(25-2)19(15)27-4/h5-10,12H,11H2,1-4H3. The molecule has 2 aromatic carbocycles. The van der Waals surface area contributed by atoms with Crippen LogP contribution in [0, 0.1) is 0 Å². The molecule has 0 unspecified atom stereocenters. The van der Waals surface area contributed by atoms with Crippen LogP contribution >= 0.6 is 11.3 Å². The number of esters is 1. The first-order valence-corrected chi connectivity index (χ1v) is 9.54. The maximum absolute atomic E-state index is 12.4. The molecule has 3 aromatic rings. The molecule has 0 N–H and O–H groups in total. The quantitative estimate of drug-likeness (QED) is 0.510. The summed E-state index contributed by atoms with van der Waals surface area (Å²) in [5, 5.41) is 2.59. The third-order valence-corrected chi connectivity index (χ3v) is 5.08. The van der Waals surface area contributed by atoms with Gasteiger partial charge in [0.1, 0.15) is 11.6 Å². The van der Waals surface area contributed by atoms with E-state index in [0.29, 0.717) is 34.3 Å². The van der Waals surface area contributed by atoms with E-state index in [2.05, 4.69) is 4.98 Å². The molecule has 1 aromatic heterocycles. The molecular weight excluding hydrogens is 394 g/mol. The highest BCUT2D eigenvalue weighted by molar-refractivity contribution is 7.13. The van der Waals surface area contributed by atoms with Gasteiger partial charge in [-0.25, -0.2) is 9.78 Å². The molecule has 0 saturated carbocycles. The van der Waals surface area contributed by atoms with E-state index in [9.17, 15) is 4.79 Å². The minimum absolute atomic E-state index is 0.0515. The molecule has 0 saturated heterocycles. The normalized spacial score (nSPS) is 10.3. The van der Waals surface area contributed by atoms with Crippen molar-refractivity contribution < 1.29 is 28.5 Å². The minimum atomic E-state index is -0.473. The van der Waals surface area contributed by atoms with Gasteiger partial charge in [-0.15, -0.1) is 11.3 Å². The van der Waals surface area contributed by atoms with Gasteiger partial charge < -0.3 is 23.7 Å². The van der Waals surface area contributed by atoms with Crippen LogP contribution in [-0.4, -0.2) is 39.4 Å². The number of ether oxygens (including phenoxy) is 5. The van der Waals surface area contributed by atoms with Gasteiger partial charge in [0.25, 0.3) is 0 Å². The molecule has 0 amide bonds. The summed E-state index contributed by atoms with van der Waals surface area (Å²) in [6, 6.07) is 10.5. The number of thiazole rings is 1. The van der Waals surface area contributed by atoms with Gasteiger partial charge >= 0.3 is 5.97 Å². The summed E-state index contributed by atoms with van der Waals surface area (Å²) in [5.41, 5.74) is 1.82. The maximum Gasteiger partial charge on any atom is 0.338 e. The van der Waals surface area contributed by atoms with Crippen LogP contribution in [0.3, 0.4) is 0 Å². The predicted octanol–water partition coefficient (Wildman–Crippen LogP) is 4.20. The lowest BCUT2D eigenvalue weighted by Gasteiger charge is -2.10. The minimum Gasteiger partial charge on any atom is -0.493 e. The Bertz CT molecular complexity index is 1000. The lowest BCUT2D eigenvalue weighted by Crippen LogP contribution is -2.06. The van der Waals surface area contributed by atoms with Crippen LogP contribution in [0.1, 0.15) is 16.1 Å². The van der Waals surface area contributed by atoms with Gasteiger partial charge in [0, 0.05) is 5.38 Å². The molecule has 0 aliphatic rings. The molecule has 0 aliphatic carbocycles. The SMILES string of the molecule is COc1ccc(C(=O)OCc2csc(-c3cccc(OC)c3OC)n2)cc1OC. The fourth-order valence-electron chi connectivity index (χ4n) is 2.74. The Morgan fingerprint density at radius 2 is 1.69 bits per heavy atom. The van der Waals surface area contributed by atoms with Crippen LogP contribution in [0.4, 0.5) is 0 Å². The van der Waals surface area contributed by atoms with Crippen LogP contribution in [0.25, 0.3) is 10.6 Å². The number of rotatable bonds is 8. The Morgan fingerprint density at radius 1 is 0.931 bits per heavy atom. The fourth-order valence-corrected chi connectivity index (χ4v) is 3.56. The molecule has 29 heavy (non-hydrogen) atoms. The van der Waals surface area contributed by atoms with Gasteiger partial charge in [-0.1, -0.05) is 6.07 Å². The zero-order valence-electron chi connectivity index (χ0n) is 16.6. The van der Waals surface area contributed by atoms with Crippen molar-refractivity contribution in [2.75, 3.05) is 28.4 Å². The van der Waals surface area contributed by atoms with Crippen LogP contribution in [0.2, 0.25) is 0 Å². The summed E-state index contributed by atoms with van der Waals surface area (Å²) in [5.74, 6) is 1.77. The molecule has 8 heteroatoms. The molecule has 0 bridgehead atoms. The molecule has 0 atom stereocenters. The van der Waals surface area contributed by atoms with Gasteiger partial charge in [0.05, 0.1) is 45.3 Å². The van der Waals surface area contributed by atoms with Crippen molar-refractivity contribution in [3.63, 3.8) is 0 Å². The summed E-state index contributed by atoms with van der Waals surface area (Å²) < 4.78 is 26.6. The lowest BCUT2D eigenvalue weighted by atomic mass is 10.2. The number of nitrogens with zero attached hydrogens (tertiary/aromatic N) is 1. The highest BCUT2D eigenvalue weighted by Gasteiger charge is 2.16. The average molecular weight is 415 g/mol. The third kappa shape index (κ3) is 4.43. The number of benzene rings is 2. The zero-order chi connectivity index (χ0) is 20.8. The molecule has 1 heterocycles. The van der Waals surface area contributed by atoms with Crippen molar-refractivity contribution in [1.82, 2.24) is 4.98 Å². The van der Waals surface area contributed by atoms with Crippen LogP contribution in [-0.2, 0) is 11.3 Å². The molecule has 0 radical (unpaired) electrons. The van der Waals surface area contributed by atoms with Gasteiger partial charge in [0.15, 0.2) is 23.0 Å². The van der Waals surface area contributed by atoms with E-state index in [-0.39, 0.29) is 6.61 Å². The van der Waals surface area contributed by atoms with E-state index in [4.69, 9.17) is 23.7 Å². The fraction of sp³-hybridized carbons (Fsp3) is 0.238. The Balaban J connectivity index is 1.72. The molecule has 0 fully saturated rings. The molecular formula is C21H21NO6S. The monoisotopic (exact) mass is 415 g/mol. The summed E-state index contributed by atoms with van der Waals surface area (Å²) in [4.78, 5) is 16.9. The number of methoxy groups -OCH3 is 4. The molecule has 0 aliphatic heterocycles. The smallest absolute Gasteiger partial charge is 0.338 e. The van der Waals surface area contributed by atoms with Gasteiger partial charge in [-0.2, -0.15) is 0 Å². The second-order valence-corrected chi connectivity index (χ2v) is 6.69. The van der Waals surface area contributed by atoms with Crippen molar-refractivity contribution in [2.24, 2.45) is 0 Å². The second-order valence-electron chi connectivity index (χ2n) is 5.83. The largest absolute Gasteiger partial charge is 0.493 e. The number of aromatic nitrogens is 1. The highest BCUT2D eigenvalue weighted by atomic mass is 32.1. The van der Waals surface area contributed by atoms with Crippen molar-refractivity contribution in [2.45, 2.75) is 6.61 Å². The van der Waals surface area contributed by atoms with E-state index in [0.717, 1.165) is 10.6 Å². The van der Waals surface area contributed by atoms with Crippen molar-refractivity contribution in [3.8, 4) is 33.6 Å². The molecule has 152 valence electrons. The molecule has 0 spiro atoms. The summed E-state index contributed by atoms with van der Waals surface area (Å²) >= 11 is 1.44. The lowest BCUT2D eigenvalue weighted by molar-refractivity contribution is 0.0468. The Hall–Kier alpha value is -3.26. The van der Waals surface area contributed by atoms with Crippen LogP contribution in [0.5, 0.6) is 23.0 Å². The van der Waals surface area contributed by atoms with E-state index in [1.165, 1.54) is 25.6 Å². The topological polar surface area (TPSA) is 76.1 Å². The van der Waals surface area contributed by atoms with E-state index < -0.39 is 5.97 Å². The Morgan fingerprint density at radius 3 is 2.38 bits per heavy atom. The van der Waals surface area contributed by atoms with Crippen LogP contribution in [0.15, 0.2) is 41.8 Å². The summed E-state index contributed by atoms with van der Waals surface area (Å²) in [7, 11) is 6.22. The van der Waals surface area contributed by atoms with E-state index in [1.807, 2.05) is 23.6 Å². The summed E-state index contributed by atoms with van der Waals surface area (Å²) in [6.07, 6.45) is 0. The first-order chi connectivity index (χ1) is 14.1. The Labute approximate surface area is 172 Å².